The number of fused-ring (bicyclic) bond motifs is 1. The third-order valence-corrected chi connectivity index (χ3v) is 7.01. The number of hydrogen-bond acceptors (Lipinski definition) is 5. The summed E-state index contributed by atoms with van der Waals surface area (Å²) < 4.78 is 0.876. The highest BCUT2D eigenvalue weighted by Crippen LogP contribution is 2.27. The van der Waals surface area contributed by atoms with Crippen molar-refractivity contribution in [2.75, 3.05) is 24.6 Å². The molecule has 3 N–H and O–H groups in total. The lowest BCUT2D eigenvalue weighted by atomic mass is 10.1. The van der Waals surface area contributed by atoms with Crippen molar-refractivity contribution in [2.45, 2.75) is 38.5 Å². The third-order valence-electron chi connectivity index (χ3n) is 4.98. The van der Waals surface area contributed by atoms with Gasteiger partial charge in [-0.3, -0.25) is 4.79 Å². The Bertz CT molecular complexity index is 922. The number of thioether (sulfide) groups is 1. The summed E-state index contributed by atoms with van der Waals surface area (Å²) in [7, 11) is 0. The van der Waals surface area contributed by atoms with Crippen LogP contribution in [0.2, 0.25) is 0 Å². The van der Waals surface area contributed by atoms with Gasteiger partial charge in [-0.15, -0.1) is 0 Å². The summed E-state index contributed by atoms with van der Waals surface area (Å²) in [5.41, 5.74) is 3.12. The van der Waals surface area contributed by atoms with Gasteiger partial charge in [-0.05, 0) is 67.5 Å². The number of thiazole rings is 1. The molecule has 0 radical (unpaired) electrons. The molecule has 0 bridgehead atoms. The quantitative estimate of drug-likeness (QED) is 0.335. The van der Waals surface area contributed by atoms with E-state index in [1.54, 1.807) is 6.07 Å². The van der Waals surface area contributed by atoms with E-state index in [4.69, 9.17) is 0 Å². The Labute approximate surface area is 180 Å². The monoisotopic (exact) mass is 430 g/mol. The number of phenolic OH excluding ortho intramolecular Hbond substituents is 1. The lowest BCUT2D eigenvalue weighted by Gasteiger charge is -2.07. The summed E-state index contributed by atoms with van der Waals surface area (Å²) in [5, 5.41) is 13.3. The lowest BCUT2D eigenvalue weighted by Crippen LogP contribution is -2.18. The van der Waals surface area contributed by atoms with Gasteiger partial charge in [-0.2, -0.15) is 11.8 Å². The number of unbranched alkanes of at least 4 members (excludes halogenated alkanes) is 3. The van der Waals surface area contributed by atoms with Crippen molar-refractivity contribution in [3.63, 3.8) is 0 Å². The number of aromatic nitrogens is 1. The topological polar surface area (TPSA) is 65.1 Å². The van der Waals surface area contributed by atoms with E-state index in [0.29, 0.717) is 5.52 Å². The summed E-state index contributed by atoms with van der Waals surface area (Å²) >= 11 is 3.24. The van der Waals surface area contributed by atoms with E-state index in [1.807, 2.05) is 6.07 Å². The van der Waals surface area contributed by atoms with Gasteiger partial charge in [0.2, 0.25) is 0 Å². The average Bonchev–Trinajstić information content (AvgIpc) is 3.13. The van der Waals surface area contributed by atoms with E-state index in [9.17, 15) is 9.90 Å². The van der Waals surface area contributed by atoms with Gasteiger partial charge in [0.1, 0.15) is 11.3 Å². The van der Waals surface area contributed by atoms with E-state index >= 15 is 0 Å². The number of benzene rings is 2. The van der Waals surface area contributed by atoms with Gasteiger partial charge in [0, 0.05) is 0 Å². The normalized spacial score (nSPS) is 11.3. The predicted octanol–water partition coefficient (Wildman–Crippen LogP) is 4.96. The molecule has 6 heteroatoms. The molecule has 0 aliphatic rings. The molecular weight excluding hydrogens is 400 g/mol. The second-order valence-corrected chi connectivity index (χ2v) is 9.43. The molecule has 2 aromatic carbocycles. The minimum Gasteiger partial charge on any atom is -0.506 e. The summed E-state index contributed by atoms with van der Waals surface area (Å²) in [6.45, 7) is 1.92. The van der Waals surface area contributed by atoms with E-state index in [0.717, 1.165) is 29.8 Å². The second-order valence-electron chi connectivity index (χ2n) is 7.22. The Hall–Kier alpha value is -1.76. The minimum atomic E-state index is -0.117. The fourth-order valence-electron chi connectivity index (χ4n) is 3.36. The molecule has 0 unspecified atom stereocenters. The molecule has 0 fully saturated rings. The smallest absolute Gasteiger partial charge is 0.305 e. The van der Waals surface area contributed by atoms with Crippen molar-refractivity contribution < 1.29 is 5.11 Å². The molecule has 0 spiro atoms. The van der Waals surface area contributed by atoms with Crippen LogP contribution in [-0.2, 0) is 12.8 Å². The predicted molar refractivity (Wildman–Crippen MR) is 127 cm³/mol. The summed E-state index contributed by atoms with van der Waals surface area (Å²) in [6.07, 6.45) is 7.12. The Balaban J connectivity index is 1.19. The summed E-state index contributed by atoms with van der Waals surface area (Å²) in [5.74, 6) is 2.62. The Morgan fingerprint density at radius 1 is 0.931 bits per heavy atom. The average molecular weight is 431 g/mol. The van der Waals surface area contributed by atoms with Crippen LogP contribution in [0.3, 0.4) is 0 Å². The summed E-state index contributed by atoms with van der Waals surface area (Å²) in [4.78, 5) is 14.1. The number of aromatic amines is 1. The largest absolute Gasteiger partial charge is 0.506 e. The fourth-order valence-corrected chi connectivity index (χ4v) is 5.25. The maximum absolute atomic E-state index is 11.6. The molecule has 0 atom stereocenters. The highest BCUT2D eigenvalue weighted by molar-refractivity contribution is 7.99. The molecule has 1 aromatic heterocycles. The van der Waals surface area contributed by atoms with Crippen LogP contribution < -0.4 is 10.2 Å². The number of phenols is 1. The molecule has 29 heavy (non-hydrogen) atoms. The van der Waals surface area contributed by atoms with Crippen LogP contribution in [0.1, 0.15) is 36.8 Å². The maximum Gasteiger partial charge on any atom is 0.305 e. The van der Waals surface area contributed by atoms with E-state index in [2.05, 4.69) is 52.4 Å². The number of H-pyrrole nitrogens is 1. The van der Waals surface area contributed by atoms with Gasteiger partial charge >= 0.3 is 4.87 Å². The molecule has 1 heterocycles. The van der Waals surface area contributed by atoms with Gasteiger partial charge in [0.05, 0.1) is 4.70 Å². The van der Waals surface area contributed by atoms with Crippen molar-refractivity contribution in [3.8, 4) is 5.75 Å². The zero-order valence-corrected chi connectivity index (χ0v) is 18.4. The maximum atomic E-state index is 11.6. The second kappa shape index (κ2) is 12.1. The zero-order chi connectivity index (χ0) is 20.3. The van der Waals surface area contributed by atoms with Crippen molar-refractivity contribution in [1.82, 2.24) is 10.3 Å². The molecule has 156 valence electrons. The number of rotatable bonds is 13. The number of aryl methyl sites for hydroxylation is 1. The highest BCUT2D eigenvalue weighted by Gasteiger charge is 2.09. The zero-order valence-electron chi connectivity index (χ0n) is 16.8. The summed E-state index contributed by atoms with van der Waals surface area (Å²) in [6, 6.07) is 14.3. The van der Waals surface area contributed by atoms with Crippen LogP contribution in [0.4, 0.5) is 0 Å². The first kappa shape index (κ1) is 21.9. The Kier molecular flexibility index (Phi) is 9.12. The molecule has 3 aromatic rings. The molecular formula is C23H30N2O2S2. The number of nitrogens with one attached hydrogen (secondary N) is 2. The Morgan fingerprint density at radius 3 is 2.62 bits per heavy atom. The van der Waals surface area contributed by atoms with Crippen LogP contribution >= 0.6 is 23.1 Å². The van der Waals surface area contributed by atoms with E-state index < -0.39 is 0 Å². The first-order chi connectivity index (χ1) is 14.2. The first-order valence-corrected chi connectivity index (χ1v) is 12.4. The number of hydrogen-bond donors (Lipinski definition) is 3. The Morgan fingerprint density at radius 2 is 1.76 bits per heavy atom. The van der Waals surface area contributed by atoms with Crippen LogP contribution in [0.25, 0.3) is 10.2 Å². The van der Waals surface area contributed by atoms with Crippen molar-refractivity contribution in [3.05, 3.63) is 63.3 Å². The highest BCUT2D eigenvalue weighted by atomic mass is 32.2. The SMILES string of the molecule is O=c1[nH]c2c(O)ccc(CCNCCCCCCSCCc3ccccc3)c2s1. The molecule has 0 amide bonds. The van der Waals surface area contributed by atoms with Crippen molar-refractivity contribution in [2.24, 2.45) is 0 Å². The molecule has 3 rings (SSSR count). The number of aromatic hydroxyl groups is 1. The standard InChI is InChI=1S/C23H30N2O2S2/c26-20-11-10-19(22-21(20)25-23(27)29-22)12-15-24-14-6-1-2-7-16-28-17-13-18-8-4-3-5-9-18/h3-5,8-11,24,26H,1-2,6-7,12-17H2,(H,25,27). The van der Waals surface area contributed by atoms with E-state index in [1.165, 1.54) is 60.5 Å². The van der Waals surface area contributed by atoms with Gasteiger partial charge in [0.15, 0.2) is 0 Å². The van der Waals surface area contributed by atoms with Crippen LogP contribution in [0.5, 0.6) is 5.75 Å². The van der Waals surface area contributed by atoms with Crippen LogP contribution in [0.15, 0.2) is 47.3 Å². The van der Waals surface area contributed by atoms with Gasteiger partial charge in [-0.25, -0.2) is 0 Å². The van der Waals surface area contributed by atoms with E-state index in [-0.39, 0.29) is 10.6 Å². The first-order valence-electron chi connectivity index (χ1n) is 10.4. The lowest BCUT2D eigenvalue weighted by molar-refractivity contribution is 0.480. The molecule has 0 saturated carbocycles. The third kappa shape index (κ3) is 7.21. The molecule has 0 saturated heterocycles. The van der Waals surface area contributed by atoms with Gasteiger partial charge < -0.3 is 15.4 Å². The minimum absolute atomic E-state index is 0.117. The van der Waals surface area contributed by atoms with Crippen molar-refractivity contribution in [1.29, 1.82) is 0 Å². The van der Waals surface area contributed by atoms with Gasteiger partial charge in [-0.1, -0.05) is 60.6 Å². The fraction of sp³-hybridized carbons (Fsp3) is 0.435. The van der Waals surface area contributed by atoms with Gasteiger partial charge in [0.25, 0.3) is 0 Å². The van der Waals surface area contributed by atoms with Crippen molar-refractivity contribution >= 4 is 33.3 Å². The molecule has 4 nitrogen and oxygen atoms in total. The van der Waals surface area contributed by atoms with Crippen LogP contribution in [-0.4, -0.2) is 34.7 Å². The molecule has 0 aliphatic carbocycles. The van der Waals surface area contributed by atoms with Crippen LogP contribution in [0, 0.1) is 0 Å². The molecule has 0 aliphatic heterocycles.